The smallest absolute Gasteiger partial charge is 0.264 e. The fourth-order valence-corrected chi connectivity index (χ4v) is 3.35. The minimum Gasteiger partial charge on any atom is -0.357 e. The third-order valence-corrected chi connectivity index (χ3v) is 4.94. The van der Waals surface area contributed by atoms with E-state index in [1.165, 1.54) is 11.3 Å². The summed E-state index contributed by atoms with van der Waals surface area (Å²) in [6, 6.07) is 20.6. The molecule has 26 heavy (non-hydrogen) atoms. The second-order valence-corrected chi connectivity index (χ2v) is 6.72. The molecule has 0 aliphatic rings. The molecule has 0 fully saturated rings. The van der Waals surface area contributed by atoms with Gasteiger partial charge in [0.25, 0.3) is 5.91 Å². The summed E-state index contributed by atoms with van der Waals surface area (Å²) in [6.07, 6.45) is 0. The number of hydrogen-bond donors (Lipinski definition) is 2. The zero-order valence-electron chi connectivity index (χ0n) is 14.3. The monoisotopic (exact) mass is 362 g/mol. The first-order valence-electron chi connectivity index (χ1n) is 8.18. The molecule has 0 spiro atoms. The van der Waals surface area contributed by atoms with Crippen molar-refractivity contribution in [1.82, 2.24) is 10.3 Å². The summed E-state index contributed by atoms with van der Waals surface area (Å²) in [4.78, 5) is 17.5. The molecule has 0 saturated carbocycles. The standard InChI is InChI=1S/C20H18N4OS/c1-14-18(19(25)24-17(12-21)16-10-6-3-7-11-16)26-20(23-14)22-13-15-8-4-2-5-9-15/h2-11,17H,13H2,1H3,(H,22,23)(H,24,25). The highest BCUT2D eigenvalue weighted by Crippen LogP contribution is 2.24. The maximum Gasteiger partial charge on any atom is 0.264 e. The average molecular weight is 362 g/mol. The number of rotatable bonds is 6. The summed E-state index contributed by atoms with van der Waals surface area (Å²) in [5.74, 6) is -0.289. The maximum absolute atomic E-state index is 12.6. The Kier molecular flexibility index (Phi) is 5.62. The number of anilines is 1. The van der Waals surface area contributed by atoms with Crippen molar-refractivity contribution in [3.63, 3.8) is 0 Å². The van der Waals surface area contributed by atoms with Gasteiger partial charge in [0.1, 0.15) is 10.9 Å². The van der Waals surface area contributed by atoms with Crippen LogP contribution in [0.15, 0.2) is 60.7 Å². The summed E-state index contributed by atoms with van der Waals surface area (Å²) >= 11 is 1.29. The van der Waals surface area contributed by atoms with Crippen LogP contribution >= 0.6 is 11.3 Å². The van der Waals surface area contributed by atoms with Gasteiger partial charge in [0.2, 0.25) is 0 Å². The number of aryl methyl sites for hydroxylation is 1. The first-order chi connectivity index (χ1) is 12.7. The molecule has 1 amide bonds. The molecule has 5 nitrogen and oxygen atoms in total. The molecular weight excluding hydrogens is 344 g/mol. The fourth-order valence-electron chi connectivity index (χ4n) is 2.49. The lowest BCUT2D eigenvalue weighted by Gasteiger charge is -2.11. The molecular formula is C20H18N4OS. The largest absolute Gasteiger partial charge is 0.357 e. The van der Waals surface area contributed by atoms with Gasteiger partial charge < -0.3 is 10.6 Å². The molecule has 0 radical (unpaired) electrons. The van der Waals surface area contributed by atoms with Gasteiger partial charge in [-0.1, -0.05) is 72.0 Å². The van der Waals surface area contributed by atoms with Gasteiger partial charge >= 0.3 is 0 Å². The van der Waals surface area contributed by atoms with E-state index in [0.29, 0.717) is 22.2 Å². The van der Waals surface area contributed by atoms with Crippen LogP contribution in [0.3, 0.4) is 0 Å². The van der Waals surface area contributed by atoms with Crippen LogP contribution in [0.4, 0.5) is 5.13 Å². The molecule has 0 aliphatic heterocycles. The molecule has 2 aromatic carbocycles. The lowest BCUT2D eigenvalue weighted by atomic mass is 10.1. The van der Waals surface area contributed by atoms with E-state index in [1.54, 1.807) is 6.92 Å². The molecule has 1 unspecified atom stereocenters. The van der Waals surface area contributed by atoms with Crippen LogP contribution in [0, 0.1) is 18.3 Å². The minimum absolute atomic E-state index is 0.289. The van der Waals surface area contributed by atoms with Crippen molar-refractivity contribution in [1.29, 1.82) is 5.26 Å². The average Bonchev–Trinajstić information content (AvgIpc) is 3.06. The van der Waals surface area contributed by atoms with Gasteiger partial charge in [0.05, 0.1) is 11.8 Å². The Morgan fingerprint density at radius 3 is 2.46 bits per heavy atom. The number of carbonyl (C=O) groups excluding carboxylic acids is 1. The number of aromatic nitrogens is 1. The molecule has 3 rings (SSSR count). The fraction of sp³-hybridized carbons (Fsp3) is 0.150. The van der Waals surface area contributed by atoms with Crippen LogP contribution in [0.25, 0.3) is 0 Å². The van der Waals surface area contributed by atoms with Gasteiger partial charge in [-0.05, 0) is 18.1 Å². The summed E-state index contributed by atoms with van der Waals surface area (Å²) in [7, 11) is 0. The maximum atomic E-state index is 12.6. The Hall–Kier alpha value is -3.17. The number of nitrogens with one attached hydrogen (secondary N) is 2. The second-order valence-electron chi connectivity index (χ2n) is 5.72. The molecule has 0 aliphatic carbocycles. The van der Waals surface area contributed by atoms with E-state index >= 15 is 0 Å². The molecule has 0 saturated heterocycles. The van der Waals surface area contributed by atoms with E-state index in [1.807, 2.05) is 60.7 Å². The van der Waals surface area contributed by atoms with Gasteiger partial charge in [0, 0.05) is 6.54 Å². The zero-order valence-corrected chi connectivity index (χ0v) is 15.1. The summed E-state index contributed by atoms with van der Waals surface area (Å²) in [5.41, 5.74) is 2.54. The van der Waals surface area contributed by atoms with Gasteiger partial charge in [0.15, 0.2) is 5.13 Å². The second kappa shape index (κ2) is 8.28. The number of carbonyl (C=O) groups is 1. The van der Waals surface area contributed by atoms with Gasteiger partial charge in [-0.25, -0.2) is 4.98 Å². The zero-order chi connectivity index (χ0) is 18.4. The van der Waals surface area contributed by atoms with Crippen molar-refractivity contribution in [2.45, 2.75) is 19.5 Å². The lowest BCUT2D eigenvalue weighted by molar-refractivity contribution is 0.0948. The van der Waals surface area contributed by atoms with Crippen LogP contribution in [0.2, 0.25) is 0 Å². The van der Waals surface area contributed by atoms with Crippen molar-refractivity contribution >= 4 is 22.4 Å². The number of nitrogens with zero attached hydrogens (tertiary/aromatic N) is 2. The predicted molar refractivity (Wildman–Crippen MR) is 103 cm³/mol. The Morgan fingerprint density at radius 1 is 1.15 bits per heavy atom. The predicted octanol–water partition coefficient (Wildman–Crippen LogP) is 4.06. The summed E-state index contributed by atoms with van der Waals surface area (Å²) in [6.45, 7) is 2.43. The third kappa shape index (κ3) is 4.26. The van der Waals surface area contributed by atoms with Crippen LogP contribution in [-0.2, 0) is 6.54 Å². The minimum atomic E-state index is -0.689. The molecule has 2 N–H and O–H groups in total. The molecule has 3 aromatic rings. The number of nitriles is 1. The molecule has 1 aromatic heterocycles. The summed E-state index contributed by atoms with van der Waals surface area (Å²) in [5, 5.41) is 16.1. The van der Waals surface area contributed by atoms with Gasteiger partial charge in [-0.3, -0.25) is 4.79 Å². The van der Waals surface area contributed by atoms with Crippen molar-refractivity contribution in [3.8, 4) is 6.07 Å². The first-order valence-corrected chi connectivity index (χ1v) is 8.99. The molecule has 1 heterocycles. The SMILES string of the molecule is Cc1nc(NCc2ccccc2)sc1C(=O)NC(C#N)c1ccccc1. The van der Waals surface area contributed by atoms with E-state index in [-0.39, 0.29) is 5.91 Å². The Balaban J connectivity index is 1.68. The first kappa shape index (κ1) is 17.6. The third-order valence-electron chi connectivity index (χ3n) is 3.83. The Morgan fingerprint density at radius 2 is 1.81 bits per heavy atom. The van der Waals surface area contributed by atoms with Crippen molar-refractivity contribution in [2.75, 3.05) is 5.32 Å². The molecule has 6 heteroatoms. The van der Waals surface area contributed by atoms with Crippen molar-refractivity contribution in [2.24, 2.45) is 0 Å². The normalized spacial score (nSPS) is 11.4. The number of hydrogen-bond acceptors (Lipinski definition) is 5. The van der Waals surface area contributed by atoms with Crippen molar-refractivity contribution < 1.29 is 4.79 Å². The number of thiazole rings is 1. The van der Waals surface area contributed by atoms with E-state index in [4.69, 9.17) is 0 Å². The van der Waals surface area contributed by atoms with Crippen molar-refractivity contribution in [3.05, 3.63) is 82.4 Å². The highest BCUT2D eigenvalue weighted by Gasteiger charge is 2.19. The number of amides is 1. The van der Waals surface area contributed by atoms with E-state index in [9.17, 15) is 10.1 Å². The van der Waals surface area contributed by atoms with E-state index in [0.717, 1.165) is 11.1 Å². The lowest BCUT2D eigenvalue weighted by Crippen LogP contribution is -2.27. The van der Waals surface area contributed by atoms with Crippen LogP contribution in [0.5, 0.6) is 0 Å². The van der Waals surface area contributed by atoms with E-state index < -0.39 is 6.04 Å². The highest BCUT2D eigenvalue weighted by molar-refractivity contribution is 7.17. The summed E-state index contributed by atoms with van der Waals surface area (Å²) < 4.78 is 0. The Labute approximate surface area is 156 Å². The van der Waals surface area contributed by atoms with Gasteiger partial charge in [-0.15, -0.1) is 0 Å². The van der Waals surface area contributed by atoms with Crippen LogP contribution < -0.4 is 10.6 Å². The number of benzene rings is 2. The highest BCUT2D eigenvalue weighted by atomic mass is 32.1. The topological polar surface area (TPSA) is 77.8 Å². The Bertz CT molecular complexity index is 916. The van der Waals surface area contributed by atoms with E-state index in [2.05, 4.69) is 21.7 Å². The molecule has 1 atom stereocenters. The molecule has 0 bridgehead atoms. The van der Waals surface area contributed by atoms with Crippen LogP contribution in [-0.4, -0.2) is 10.9 Å². The van der Waals surface area contributed by atoms with Crippen LogP contribution in [0.1, 0.15) is 32.5 Å². The molecule has 130 valence electrons. The van der Waals surface area contributed by atoms with Gasteiger partial charge in [-0.2, -0.15) is 5.26 Å². The quantitative estimate of drug-likeness (QED) is 0.693.